The maximum absolute atomic E-state index is 12.0. The molecule has 0 aliphatic heterocycles. The average molecular weight is 380 g/mol. The van der Waals surface area contributed by atoms with E-state index in [1.54, 1.807) is 0 Å². The van der Waals surface area contributed by atoms with Crippen LogP contribution in [0, 0.1) is 0 Å². The molecule has 0 aliphatic carbocycles. The van der Waals surface area contributed by atoms with Crippen molar-refractivity contribution in [3.8, 4) is 0 Å². The number of carboxylic acids is 1. The number of benzene rings is 1. The molecule has 1 N–H and O–H groups in total. The second kappa shape index (κ2) is 13.8. The number of hydrogen-bond donors (Lipinski definition) is 1. The first kappa shape index (κ1) is 24.6. The summed E-state index contributed by atoms with van der Waals surface area (Å²) in [6.45, 7) is 2.37. The zero-order chi connectivity index (χ0) is 17.8. The Hall–Kier alpha value is -0.400. The van der Waals surface area contributed by atoms with Gasteiger partial charge in [-0.05, 0) is 30.7 Å². The Balaban J connectivity index is 0.00000576. The van der Waals surface area contributed by atoms with E-state index in [0.717, 1.165) is 12.8 Å². The fourth-order valence-corrected chi connectivity index (χ4v) is 3.36. The molecule has 0 saturated carbocycles. The number of carbonyl (C=O) groups is 1. The minimum absolute atomic E-state index is 0. The number of rotatable bonds is 13. The standard InChI is InChI=1S/C18H28O5S.Na.H/c1-2-3-4-5-6-7-8-9-10-15-23-24(21,22)17-13-11-16(12-14-17)18(19)20;;/h11-14H,2-10,15H2,1H3,(H,19,20);;. The summed E-state index contributed by atoms with van der Waals surface area (Å²) in [4.78, 5) is 10.7. The summed E-state index contributed by atoms with van der Waals surface area (Å²) in [5.41, 5.74) is 0.0490. The number of unbranched alkanes of at least 4 members (excludes halogenated alkanes) is 8. The van der Waals surface area contributed by atoms with E-state index in [0.29, 0.717) is 6.42 Å². The third-order valence-electron chi connectivity index (χ3n) is 3.88. The van der Waals surface area contributed by atoms with Crippen molar-refractivity contribution < 1.29 is 22.5 Å². The Bertz CT molecular complexity index is 584. The van der Waals surface area contributed by atoms with Crippen molar-refractivity contribution in [2.24, 2.45) is 0 Å². The first-order valence-corrected chi connectivity index (χ1v) is 10.1. The van der Waals surface area contributed by atoms with E-state index >= 15 is 0 Å². The third-order valence-corrected chi connectivity index (χ3v) is 5.20. The van der Waals surface area contributed by atoms with Crippen molar-refractivity contribution in [3.05, 3.63) is 29.8 Å². The van der Waals surface area contributed by atoms with Crippen molar-refractivity contribution in [2.45, 2.75) is 69.6 Å². The van der Waals surface area contributed by atoms with Gasteiger partial charge in [-0.15, -0.1) is 0 Å². The molecule has 0 aromatic heterocycles. The first-order chi connectivity index (χ1) is 11.5. The molecule has 138 valence electrons. The Morgan fingerprint density at radius 2 is 1.40 bits per heavy atom. The fraction of sp³-hybridized carbons (Fsp3) is 0.611. The Labute approximate surface area is 173 Å². The van der Waals surface area contributed by atoms with Gasteiger partial charge in [-0.3, -0.25) is 4.18 Å². The molecule has 25 heavy (non-hydrogen) atoms. The normalized spacial score (nSPS) is 11.1. The van der Waals surface area contributed by atoms with Gasteiger partial charge >= 0.3 is 35.5 Å². The van der Waals surface area contributed by atoms with Gasteiger partial charge in [0, 0.05) is 0 Å². The summed E-state index contributed by atoms with van der Waals surface area (Å²) < 4.78 is 29.0. The molecule has 0 fully saturated rings. The Morgan fingerprint density at radius 3 is 1.88 bits per heavy atom. The van der Waals surface area contributed by atoms with Crippen LogP contribution in [0.2, 0.25) is 0 Å². The van der Waals surface area contributed by atoms with Gasteiger partial charge in [0.15, 0.2) is 0 Å². The van der Waals surface area contributed by atoms with Crippen LogP contribution in [0.25, 0.3) is 0 Å². The van der Waals surface area contributed by atoms with Gasteiger partial charge in [0.1, 0.15) is 0 Å². The second-order valence-corrected chi connectivity index (χ2v) is 7.55. The summed E-state index contributed by atoms with van der Waals surface area (Å²) in [6.07, 6.45) is 10.3. The molecule has 1 rings (SSSR count). The third kappa shape index (κ3) is 10.4. The van der Waals surface area contributed by atoms with Gasteiger partial charge in [-0.2, -0.15) is 8.42 Å². The van der Waals surface area contributed by atoms with Crippen molar-refractivity contribution in [1.82, 2.24) is 0 Å². The van der Waals surface area contributed by atoms with Crippen LogP contribution >= 0.6 is 0 Å². The molecule has 0 bridgehead atoms. The topological polar surface area (TPSA) is 80.7 Å². The van der Waals surface area contributed by atoms with E-state index in [4.69, 9.17) is 9.29 Å². The van der Waals surface area contributed by atoms with Gasteiger partial charge in [-0.1, -0.05) is 58.3 Å². The van der Waals surface area contributed by atoms with Crippen LogP contribution in [-0.2, 0) is 14.3 Å². The van der Waals surface area contributed by atoms with Gasteiger partial charge < -0.3 is 5.11 Å². The molecule has 0 radical (unpaired) electrons. The second-order valence-electron chi connectivity index (χ2n) is 5.93. The fourth-order valence-electron chi connectivity index (χ4n) is 2.41. The van der Waals surface area contributed by atoms with Crippen LogP contribution in [0.4, 0.5) is 0 Å². The van der Waals surface area contributed by atoms with E-state index in [9.17, 15) is 13.2 Å². The summed E-state index contributed by atoms with van der Waals surface area (Å²) in [7, 11) is -3.80. The van der Waals surface area contributed by atoms with Gasteiger partial charge in [0.25, 0.3) is 10.1 Å². The zero-order valence-corrected chi connectivity index (χ0v) is 15.2. The van der Waals surface area contributed by atoms with Crippen molar-refractivity contribution in [1.29, 1.82) is 0 Å². The molecule has 0 atom stereocenters. The molecule has 0 heterocycles. The molecule has 5 nitrogen and oxygen atoms in total. The Morgan fingerprint density at radius 1 is 0.920 bits per heavy atom. The van der Waals surface area contributed by atoms with Gasteiger partial charge in [0.2, 0.25) is 0 Å². The Kier molecular flexibility index (Phi) is 13.5. The summed E-state index contributed by atoms with van der Waals surface area (Å²) in [5, 5.41) is 8.80. The van der Waals surface area contributed by atoms with Crippen molar-refractivity contribution in [2.75, 3.05) is 6.61 Å². The van der Waals surface area contributed by atoms with Gasteiger partial charge in [-0.25, -0.2) is 4.79 Å². The van der Waals surface area contributed by atoms with E-state index in [2.05, 4.69) is 6.92 Å². The van der Waals surface area contributed by atoms with Crippen molar-refractivity contribution in [3.63, 3.8) is 0 Å². The molecular formula is C18H29NaO5S. The molecule has 0 spiro atoms. The van der Waals surface area contributed by atoms with Crippen LogP contribution in [-0.4, -0.2) is 55.7 Å². The maximum atomic E-state index is 12.0. The minimum atomic E-state index is -3.80. The van der Waals surface area contributed by atoms with E-state index in [-0.39, 0.29) is 46.6 Å². The molecule has 0 saturated heterocycles. The van der Waals surface area contributed by atoms with E-state index < -0.39 is 16.1 Å². The van der Waals surface area contributed by atoms with Crippen LogP contribution in [0.3, 0.4) is 0 Å². The average Bonchev–Trinajstić information content (AvgIpc) is 2.56. The van der Waals surface area contributed by atoms with E-state index in [1.807, 2.05) is 0 Å². The molecule has 0 aliphatic rings. The molecule has 1 aromatic carbocycles. The number of hydrogen-bond acceptors (Lipinski definition) is 4. The number of aromatic carboxylic acids is 1. The molecule has 1 aromatic rings. The first-order valence-electron chi connectivity index (χ1n) is 8.70. The zero-order valence-electron chi connectivity index (χ0n) is 14.4. The predicted molar refractivity (Wildman–Crippen MR) is 101 cm³/mol. The quantitative estimate of drug-likeness (QED) is 0.318. The SMILES string of the molecule is CCCCCCCCCCCOS(=O)(=O)c1ccc(C(=O)O)cc1.[NaH]. The molecule has 7 heteroatoms. The molecule has 0 amide bonds. The van der Waals surface area contributed by atoms with Crippen LogP contribution in [0.5, 0.6) is 0 Å². The molecular weight excluding hydrogens is 351 g/mol. The molecule has 0 unspecified atom stereocenters. The predicted octanol–water partition coefficient (Wildman–Crippen LogP) is 3.97. The van der Waals surface area contributed by atoms with Gasteiger partial charge in [0.05, 0.1) is 17.1 Å². The summed E-state index contributed by atoms with van der Waals surface area (Å²) >= 11 is 0. The van der Waals surface area contributed by atoms with E-state index in [1.165, 1.54) is 62.8 Å². The van der Waals surface area contributed by atoms with Crippen LogP contribution < -0.4 is 0 Å². The summed E-state index contributed by atoms with van der Waals surface area (Å²) in [6, 6.07) is 5.04. The summed E-state index contributed by atoms with van der Waals surface area (Å²) in [5.74, 6) is -1.09. The van der Waals surface area contributed by atoms with Crippen LogP contribution in [0.15, 0.2) is 29.2 Å². The van der Waals surface area contributed by atoms with Crippen LogP contribution in [0.1, 0.15) is 75.1 Å². The number of carboxylic acid groups (broad SMARTS) is 1. The van der Waals surface area contributed by atoms with Crippen molar-refractivity contribution >= 4 is 45.6 Å². The monoisotopic (exact) mass is 380 g/mol.